The molecule has 0 bridgehead atoms. The van der Waals surface area contributed by atoms with Gasteiger partial charge in [0.25, 0.3) is 5.56 Å². The van der Waals surface area contributed by atoms with E-state index in [1.54, 1.807) is 37.8 Å². The van der Waals surface area contributed by atoms with E-state index in [2.05, 4.69) is 15.7 Å². The fourth-order valence-electron chi connectivity index (χ4n) is 3.56. The number of halogens is 2. The van der Waals surface area contributed by atoms with E-state index >= 15 is 0 Å². The van der Waals surface area contributed by atoms with Gasteiger partial charge in [0, 0.05) is 24.8 Å². The van der Waals surface area contributed by atoms with Crippen molar-refractivity contribution in [3.8, 4) is 0 Å². The third-order valence-corrected chi connectivity index (χ3v) is 5.07. The van der Waals surface area contributed by atoms with Crippen molar-refractivity contribution in [2.75, 3.05) is 28.7 Å². The molecule has 1 heterocycles. The standard InChI is InChI=1S/C25H29F2N5O4/c1-6-31(7-2)23-29-20-9-8-18(28-24(35)36-25(3,4)5)14-19(20)22(34)32(23)30-21(33)12-15-10-16(26)13-17(27)11-15/h8-11,13-14H,6-7,12H2,1-5H3,(H,28,35)(H,30,33). The number of fused-ring (bicyclic) bond motifs is 1. The number of amides is 2. The summed E-state index contributed by atoms with van der Waals surface area (Å²) in [6.45, 7) is 9.92. The van der Waals surface area contributed by atoms with Crippen molar-refractivity contribution in [3.63, 3.8) is 0 Å². The SMILES string of the molecule is CCN(CC)c1nc2ccc(NC(=O)OC(C)(C)C)cc2c(=O)n1NC(=O)Cc1cc(F)cc(F)c1. The summed E-state index contributed by atoms with van der Waals surface area (Å²) >= 11 is 0. The number of carbonyl (C=O) groups excluding carboxylic acids is 2. The Kier molecular flexibility index (Phi) is 7.91. The molecule has 0 atom stereocenters. The fourth-order valence-corrected chi connectivity index (χ4v) is 3.56. The van der Waals surface area contributed by atoms with Crippen molar-refractivity contribution < 1.29 is 23.1 Å². The highest BCUT2D eigenvalue weighted by atomic mass is 19.1. The highest BCUT2D eigenvalue weighted by Gasteiger charge is 2.20. The number of anilines is 2. The van der Waals surface area contributed by atoms with E-state index in [0.717, 1.165) is 16.8 Å². The number of nitrogens with zero attached hydrogens (tertiary/aromatic N) is 3. The summed E-state index contributed by atoms with van der Waals surface area (Å²) in [6.07, 6.45) is -1.05. The van der Waals surface area contributed by atoms with Crippen LogP contribution in [0.15, 0.2) is 41.2 Å². The Morgan fingerprint density at radius 2 is 1.69 bits per heavy atom. The fraction of sp³-hybridized carbons (Fsp3) is 0.360. The molecule has 0 unspecified atom stereocenters. The quantitative estimate of drug-likeness (QED) is 0.503. The van der Waals surface area contributed by atoms with Crippen LogP contribution in [-0.2, 0) is 16.0 Å². The first-order valence-corrected chi connectivity index (χ1v) is 11.5. The third kappa shape index (κ3) is 6.55. The van der Waals surface area contributed by atoms with Crippen LogP contribution in [0, 0.1) is 11.6 Å². The van der Waals surface area contributed by atoms with E-state index in [4.69, 9.17) is 4.74 Å². The second kappa shape index (κ2) is 10.7. The van der Waals surface area contributed by atoms with Gasteiger partial charge in [-0.15, -0.1) is 0 Å². The zero-order valence-corrected chi connectivity index (χ0v) is 20.8. The highest BCUT2D eigenvalue weighted by molar-refractivity contribution is 5.91. The van der Waals surface area contributed by atoms with E-state index in [-0.39, 0.29) is 23.3 Å². The molecule has 0 saturated heterocycles. The first-order chi connectivity index (χ1) is 16.9. The van der Waals surface area contributed by atoms with Crippen molar-refractivity contribution in [3.05, 3.63) is 63.9 Å². The summed E-state index contributed by atoms with van der Waals surface area (Å²) in [5, 5.41) is 2.71. The Hall–Kier alpha value is -4.02. The smallest absolute Gasteiger partial charge is 0.412 e. The van der Waals surface area contributed by atoms with Crippen LogP contribution in [0.25, 0.3) is 10.9 Å². The minimum atomic E-state index is -0.809. The van der Waals surface area contributed by atoms with Crippen molar-refractivity contribution >= 4 is 34.5 Å². The Labute approximate surface area is 207 Å². The second-order valence-corrected chi connectivity index (χ2v) is 9.07. The Balaban J connectivity index is 2.00. The lowest BCUT2D eigenvalue weighted by Crippen LogP contribution is -2.40. The largest absolute Gasteiger partial charge is 0.444 e. The van der Waals surface area contributed by atoms with Crippen LogP contribution < -0.4 is 21.2 Å². The summed E-state index contributed by atoms with van der Waals surface area (Å²) in [4.78, 5) is 44.7. The molecule has 11 heteroatoms. The van der Waals surface area contributed by atoms with Gasteiger partial charge in [-0.05, 0) is 70.5 Å². The monoisotopic (exact) mass is 501 g/mol. The van der Waals surface area contributed by atoms with Crippen molar-refractivity contribution in [1.29, 1.82) is 0 Å². The molecule has 2 N–H and O–H groups in total. The first kappa shape index (κ1) is 26.6. The van der Waals surface area contributed by atoms with Crippen LogP contribution in [0.4, 0.5) is 25.2 Å². The minimum absolute atomic E-state index is 0.111. The molecule has 2 amide bonds. The maximum absolute atomic E-state index is 13.5. The van der Waals surface area contributed by atoms with Gasteiger partial charge in [-0.3, -0.25) is 20.3 Å². The van der Waals surface area contributed by atoms with Crippen molar-refractivity contribution in [2.45, 2.75) is 46.6 Å². The van der Waals surface area contributed by atoms with Crippen LogP contribution in [0.2, 0.25) is 0 Å². The van der Waals surface area contributed by atoms with Gasteiger partial charge in [0.05, 0.1) is 17.3 Å². The average molecular weight is 502 g/mol. The lowest BCUT2D eigenvalue weighted by atomic mass is 10.1. The molecule has 2 aromatic carbocycles. The first-order valence-electron chi connectivity index (χ1n) is 11.5. The minimum Gasteiger partial charge on any atom is -0.444 e. The van der Waals surface area contributed by atoms with Gasteiger partial charge in [-0.1, -0.05) is 0 Å². The predicted molar refractivity (Wildman–Crippen MR) is 134 cm³/mol. The number of nitrogens with one attached hydrogen (secondary N) is 2. The molecule has 3 rings (SSSR count). The van der Waals surface area contributed by atoms with Gasteiger partial charge in [-0.2, -0.15) is 4.68 Å². The number of hydrogen-bond acceptors (Lipinski definition) is 6. The van der Waals surface area contributed by atoms with Gasteiger partial charge in [0.1, 0.15) is 17.2 Å². The van der Waals surface area contributed by atoms with E-state index in [1.807, 2.05) is 13.8 Å². The molecule has 0 fully saturated rings. The second-order valence-electron chi connectivity index (χ2n) is 9.07. The van der Waals surface area contributed by atoms with Gasteiger partial charge < -0.3 is 9.64 Å². The average Bonchev–Trinajstić information content (AvgIpc) is 2.75. The molecule has 0 spiro atoms. The Morgan fingerprint density at radius 3 is 2.28 bits per heavy atom. The summed E-state index contributed by atoms with van der Waals surface area (Å²) in [6, 6.07) is 7.41. The van der Waals surface area contributed by atoms with E-state index in [0.29, 0.717) is 30.4 Å². The predicted octanol–water partition coefficient (Wildman–Crippen LogP) is 4.18. The normalized spacial score (nSPS) is 11.3. The number of aromatic nitrogens is 2. The number of hydrogen-bond donors (Lipinski definition) is 2. The maximum atomic E-state index is 13.5. The molecule has 0 aliphatic carbocycles. The van der Waals surface area contributed by atoms with Crippen molar-refractivity contribution in [2.24, 2.45) is 0 Å². The molecule has 1 aromatic heterocycles. The van der Waals surface area contributed by atoms with Crippen LogP contribution in [0.1, 0.15) is 40.2 Å². The zero-order valence-electron chi connectivity index (χ0n) is 20.8. The molecular weight excluding hydrogens is 472 g/mol. The van der Waals surface area contributed by atoms with E-state index in [1.165, 1.54) is 6.07 Å². The molecule has 0 aliphatic rings. The maximum Gasteiger partial charge on any atom is 0.412 e. The summed E-state index contributed by atoms with van der Waals surface area (Å²) < 4.78 is 33.3. The van der Waals surface area contributed by atoms with Crippen LogP contribution in [-0.4, -0.2) is 40.4 Å². The van der Waals surface area contributed by atoms with Crippen molar-refractivity contribution in [1.82, 2.24) is 9.66 Å². The zero-order chi connectivity index (χ0) is 26.6. The Morgan fingerprint density at radius 1 is 1.06 bits per heavy atom. The van der Waals surface area contributed by atoms with E-state index in [9.17, 15) is 23.2 Å². The third-order valence-electron chi connectivity index (χ3n) is 5.07. The molecule has 9 nitrogen and oxygen atoms in total. The van der Waals surface area contributed by atoms with Crippen LogP contribution >= 0.6 is 0 Å². The molecule has 0 radical (unpaired) electrons. The Bertz CT molecular complexity index is 1330. The molecular formula is C25H29F2N5O4. The molecule has 0 aliphatic heterocycles. The van der Waals surface area contributed by atoms with E-state index < -0.39 is 34.8 Å². The summed E-state index contributed by atoms with van der Waals surface area (Å²) in [5.41, 5.74) is 1.98. The van der Waals surface area contributed by atoms with Crippen LogP contribution in [0.3, 0.4) is 0 Å². The van der Waals surface area contributed by atoms with Gasteiger partial charge in [0.2, 0.25) is 11.9 Å². The number of rotatable bonds is 7. The number of carbonyl (C=O) groups is 2. The summed E-state index contributed by atoms with van der Waals surface area (Å²) in [5.74, 6) is -2.09. The highest BCUT2D eigenvalue weighted by Crippen LogP contribution is 2.20. The van der Waals surface area contributed by atoms with Gasteiger partial charge >= 0.3 is 6.09 Å². The topological polar surface area (TPSA) is 106 Å². The molecule has 36 heavy (non-hydrogen) atoms. The summed E-state index contributed by atoms with van der Waals surface area (Å²) in [7, 11) is 0. The van der Waals surface area contributed by atoms with Gasteiger partial charge in [0.15, 0.2) is 0 Å². The number of ether oxygens (including phenoxy) is 1. The molecule has 0 saturated carbocycles. The lowest BCUT2D eigenvalue weighted by Gasteiger charge is -2.24. The molecule has 192 valence electrons. The molecule has 3 aromatic rings. The lowest BCUT2D eigenvalue weighted by molar-refractivity contribution is -0.116. The van der Waals surface area contributed by atoms with Gasteiger partial charge in [-0.25, -0.2) is 18.6 Å². The van der Waals surface area contributed by atoms with Crippen LogP contribution in [0.5, 0.6) is 0 Å². The number of benzene rings is 2.